The van der Waals surface area contributed by atoms with Crippen molar-refractivity contribution in [3.63, 3.8) is 0 Å². The second-order valence-electron chi connectivity index (χ2n) is 2.64. The molecule has 1 rings (SSSR count). The number of hydrogen-bond donors (Lipinski definition) is 2. The molecule has 0 aliphatic heterocycles. The molecule has 0 spiro atoms. The lowest BCUT2D eigenvalue weighted by Gasteiger charge is -2.18. The minimum Gasteiger partial charge on any atom is -0.389 e. The third kappa shape index (κ3) is 2.12. The molecule has 56 valence electrons. The van der Waals surface area contributed by atoms with Crippen molar-refractivity contribution in [2.45, 2.75) is 31.3 Å². The molecular formula is C6H14ClNO. The topological polar surface area (TPSA) is 46.2 Å². The zero-order valence-corrected chi connectivity index (χ0v) is 6.28. The lowest BCUT2D eigenvalue weighted by molar-refractivity contribution is 0.0570. The molecule has 3 heteroatoms. The Morgan fingerprint density at radius 2 is 1.78 bits per heavy atom. The van der Waals surface area contributed by atoms with Crippen molar-refractivity contribution in [2.75, 3.05) is 6.54 Å². The van der Waals surface area contributed by atoms with Crippen LogP contribution in [0, 0.1) is 0 Å². The van der Waals surface area contributed by atoms with Crippen LogP contribution in [-0.4, -0.2) is 17.3 Å². The molecule has 0 aromatic heterocycles. The first-order valence-electron chi connectivity index (χ1n) is 3.19. The summed E-state index contributed by atoms with van der Waals surface area (Å²) in [4.78, 5) is 0. The van der Waals surface area contributed by atoms with Crippen molar-refractivity contribution in [3.05, 3.63) is 0 Å². The Kier molecular flexibility index (Phi) is 3.48. The maximum Gasteiger partial charge on any atom is 0.0769 e. The summed E-state index contributed by atoms with van der Waals surface area (Å²) in [6.45, 7) is 0.438. The Labute approximate surface area is 61.8 Å². The van der Waals surface area contributed by atoms with E-state index in [2.05, 4.69) is 0 Å². The largest absolute Gasteiger partial charge is 0.389 e. The van der Waals surface area contributed by atoms with Crippen LogP contribution in [0.15, 0.2) is 0 Å². The number of halogens is 1. The summed E-state index contributed by atoms with van der Waals surface area (Å²) in [5.74, 6) is 0. The summed E-state index contributed by atoms with van der Waals surface area (Å²) in [6, 6.07) is 0. The summed E-state index contributed by atoms with van der Waals surface area (Å²) in [7, 11) is 0. The summed E-state index contributed by atoms with van der Waals surface area (Å²) in [6.07, 6.45) is 4.11. The third-order valence-corrected chi connectivity index (χ3v) is 1.91. The zero-order chi connectivity index (χ0) is 6.04. The van der Waals surface area contributed by atoms with Crippen LogP contribution in [0.5, 0.6) is 0 Å². The van der Waals surface area contributed by atoms with Crippen molar-refractivity contribution >= 4 is 12.4 Å². The van der Waals surface area contributed by atoms with Crippen LogP contribution in [0.4, 0.5) is 0 Å². The summed E-state index contributed by atoms with van der Waals surface area (Å²) >= 11 is 0. The van der Waals surface area contributed by atoms with Gasteiger partial charge in [0.1, 0.15) is 0 Å². The standard InChI is InChI=1S/C6H13NO.ClH/c7-5-6(8)3-1-2-4-6;/h8H,1-5,7H2;1H. The van der Waals surface area contributed by atoms with Crippen LogP contribution in [0.3, 0.4) is 0 Å². The molecule has 3 N–H and O–H groups in total. The normalized spacial score (nSPS) is 23.3. The van der Waals surface area contributed by atoms with Gasteiger partial charge in [-0.15, -0.1) is 12.4 Å². The van der Waals surface area contributed by atoms with Crippen molar-refractivity contribution in [3.8, 4) is 0 Å². The highest BCUT2D eigenvalue weighted by Gasteiger charge is 2.28. The maximum atomic E-state index is 9.38. The van der Waals surface area contributed by atoms with Gasteiger partial charge in [-0.05, 0) is 12.8 Å². The maximum absolute atomic E-state index is 9.38. The Hall–Kier alpha value is 0.210. The molecule has 1 fully saturated rings. The predicted molar refractivity (Wildman–Crippen MR) is 39.7 cm³/mol. The van der Waals surface area contributed by atoms with Gasteiger partial charge in [-0.1, -0.05) is 12.8 Å². The number of aliphatic hydroxyl groups is 1. The fraction of sp³-hybridized carbons (Fsp3) is 1.00. The molecule has 9 heavy (non-hydrogen) atoms. The molecule has 2 nitrogen and oxygen atoms in total. The van der Waals surface area contributed by atoms with Gasteiger partial charge in [-0.25, -0.2) is 0 Å². The van der Waals surface area contributed by atoms with Crippen LogP contribution in [0.2, 0.25) is 0 Å². The molecule has 0 atom stereocenters. The fourth-order valence-corrected chi connectivity index (χ4v) is 1.24. The first-order valence-corrected chi connectivity index (χ1v) is 3.19. The lowest BCUT2D eigenvalue weighted by atomic mass is 10.0. The monoisotopic (exact) mass is 151 g/mol. The molecule has 1 aliphatic rings. The zero-order valence-electron chi connectivity index (χ0n) is 5.47. The van der Waals surface area contributed by atoms with Gasteiger partial charge >= 0.3 is 0 Å². The van der Waals surface area contributed by atoms with Gasteiger partial charge in [-0.2, -0.15) is 0 Å². The molecular weight excluding hydrogens is 138 g/mol. The van der Waals surface area contributed by atoms with Gasteiger partial charge < -0.3 is 10.8 Å². The Bertz CT molecular complexity index is 81.1. The SMILES string of the molecule is Cl.NCC1(O)CCCC1. The Morgan fingerprint density at radius 3 is 2.00 bits per heavy atom. The summed E-state index contributed by atoms with van der Waals surface area (Å²) in [5, 5.41) is 9.38. The highest BCUT2D eigenvalue weighted by Crippen LogP contribution is 2.27. The van der Waals surface area contributed by atoms with Gasteiger partial charge in [0.05, 0.1) is 5.60 Å². The van der Waals surface area contributed by atoms with Gasteiger partial charge in [0, 0.05) is 6.54 Å². The first-order chi connectivity index (χ1) is 3.77. The van der Waals surface area contributed by atoms with E-state index in [-0.39, 0.29) is 12.4 Å². The third-order valence-electron chi connectivity index (χ3n) is 1.91. The molecule has 0 aromatic carbocycles. The van der Waals surface area contributed by atoms with E-state index in [0.29, 0.717) is 6.54 Å². The lowest BCUT2D eigenvalue weighted by Crippen LogP contribution is -2.33. The smallest absolute Gasteiger partial charge is 0.0769 e. The molecule has 1 saturated carbocycles. The van der Waals surface area contributed by atoms with Crippen molar-refractivity contribution in [1.82, 2.24) is 0 Å². The van der Waals surface area contributed by atoms with E-state index >= 15 is 0 Å². The van der Waals surface area contributed by atoms with Crippen molar-refractivity contribution < 1.29 is 5.11 Å². The van der Waals surface area contributed by atoms with Gasteiger partial charge in [0.2, 0.25) is 0 Å². The van der Waals surface area contributed by atoms with E-state index in [1.165, 1.54) is 0 Å². The molecule has 0 aromatic rings. The second-order valence-corrected chi connectivity index (χ2v) is 2.64. The quantitative estimate of drug-likeness (QED) is 0.579. The van der Waals surface area contributed by atoms with Crippen LogP contribution in [-0.2, 0) is 0 Å². The molecule has 0 saturated heterocycles. The second kappa shape index (κ2) is 3.40. The number of nitrogens with two attached hydrogens (primary N) is 1. The van der Waals surface area contributed by atoms with E-state index in [9.17, 15) is 5.11 Å². The van der Waals surface area contributed by atoms with Crippen molar-refractivity contribution in [2.24, 2.45) is 5.73 Å². The molecule has 0 bridgehead atoms. The van der Waals surface area contributed by atoms with Crippen LogP contribution in [0.25, 0.3) is 0 Å². The molecule has 0 heterocycles. The minimum atomic E-state index is -0.486. The van der Waals surface area contributed by atoms with E-state index < -0.39 is 5.60 Å². The van der Waals surface area contributed by atoms with Gasteiger partial charge in [-0.3, -0.25) is 0 Å². The minimum absolute atomic E-state index is 0. The van der Waals surface area contributed by atoms with Crippen LogP contribution >= 0.6 is 12.4 Å². The van der Waals surface area contributed by atoms with Crippen LogP contribution < -0.4 is 5.73 Å². The molecule has 0 unspecified atom stereocenters. The van der Waals surface area contributed by atoms with Crippen LogP contribution in [0.1, 0.15) is 25.7 Å². The molecule has 0 radical (unpaired) electrons. The van der Waals surface area contributed by atoms with E-state index in [4.69, 9.17) is 5.73 Å². The number of hydrogen-bond acceptors (Lipinski definition) is 2. The average Bonchev–Trinajstić information content (AvgIpc) is 2.17. The highest BCUT2D eigenvalue weighted by atomic mass is 35.5. The van der Waals surface area contributed by atoms with E-state index in [1.807, 2.05) is 0 Å². The average molecular weight is 152 g/mol. The Morgan fingerprint density at radius 1 is 1.33 bits per heavy atom. The van der Waals surface area contributed by atoms with E-state index in [1.54, 1.807) is 0 Å². The first kappa shape index (κ1) is 9.21. The summed E-state index contributed by atoms with van der Waals surface area (Å²) in [5.41, 5.74) is 4.83. The molecule has 1 aliphatic carbocycles. The fourth-order valence-electron chi connectivity index (χ4n) is 1.24. The Balaban J connectivity index is 0.000000640. The summed E-state index contributed by atoms with van der Waals surface area (Å²) < 4.78 is 0. The number of rotatable bonds is 1. The van der Waals surface area contributed by atoms with Gasteiger partial charge in [0.25, 0.3) is 0 Å². The van der Waals surface area contributed by atoms with Gasteiger partial charge in [0.15, 0.2) is 0 Å². The molecule has 0 amide bonds. The van der Waals surface area contributed by atoms with Crippen molar-refractivity contribution in [1.29, 1.82) is 0 Å². The highest BCUT2D eigenvalue weighted by molar-refractivity contribution is 5.85. The predicted octanol–water partition coefficient (Wildman–Crippen LogP) is 0.672. The van der Waals surface area contributed by atoms with E-state index in [0.717, 1.165) is 25.7 Å².